The molecule has 1 aliphatic rings. The van der Waals surface area contributed by atoms with Crippen molar-refractivity contribution in [2.24, 2.45) is 0 Å². The van der Waals surface area contributed by atoms with Crippen LogP contribution in [0.15, 0.2) is 67.0 Å². The van der Waals surface area contributed by atoms with Gasteiger partial charge in [-0.3, -0.25) is 14.6 Å². The predicted octanol–water partition coefficient (Wildman–Crippen LogP) is 4.00. The number of para-hydroxylation sites is 1. The first-order chi connectivity index (χ1) is 15.0. The molecule has 1 aromatic heterocycles. The lowest BCUT2D eigenvalue weighted by atomic mass is 10.0. The maximum absolute atomic E-state index is 13.6. The van der Waals surface area contributed by atoms with Crippen molar-refractivity contribution in [1.29, 1.82) is 0 Å². The normalized spacial score (nSPS) is 16.1. The minimum atomic E-state index is -0.409. The Morgan fingerprint density at radius 1 is 1.13 bits per heavy atom. The number of morpholine rings is 1. The third-order valence-electron chi connectivity index (χ3n) is 5.26. The molecule has 2 aromatic carbocycles. The van der Waals surface area contributed by atoms with Crippen molar-refractivity contribution in [1.82, 2.24) is 9.88 Å². The number of benzene rings is 2. The van der Waals surface area contributed by atoms with Crippen LogP contribution in [0.2, 0.25) is 0 Å². The van der Waals surface area contributed by atoms with Crippen LogP contribution in [-0.4, -0.2) is 41.4 Å². The third-order valence-corrected chi connectivity index (χ3v) is 5.26. The zero-order valence-corrected chi connectivity index (χ0v) is 17.0. The summed E-state index contributed by atoms with van der Waals surface area (Å²) in [5.74, 6) is -0.867. The number of hydrogen-bond donors (Lipinski definition) is 1. The summed E-state index contributed by atoms with van der Waals surface area (Å²) >= 11 is 0. The highest BCUT2D eigenvalue weighted by atomic mass is 19.1. The Labute approximate surface area is 179 Å². The second kappa shape index (κ2) is 9.06. The maximum Gasteiger partial charge on any atom is 0.256 e. The Morgan fingerprint density at radius 2 is 1.90 bits per heavy atom. The van der Waals surface area contributed by atoms with Crippen LogP contribution in [-0.2, 0) is 4.74 Å². The van der Waals surface area contributed by atoms with Gasteiger partial charge in [0.05, 0.1) is 24.4 Å². The fourth-order valence-electron chi connectivity index (χ4n) is 3.61. The van der Waals surface area contributed by atoms with E-state index < -0.39 is 6.10 Å². The molecule has 7 heteroatoms. The monoisotopic (exact) mass is 419 g/mol. The molecule has 0 aliphatic carbocycles. The molecule has 4 rings (SSSR count). The van der Waals surface area contributed by atoms with E-state index in [-0.39, 0.29) is 17.6 Å². The quantitative estimate of drug-likeness (QED) is 0.694. The highest BCUT2D eigenvalue weighted by molar-refractivity contribution is 6.09. The van der Waals surface area contributed by atoms with E-state index in [2.05, 4.69) is 10.3 Å². The number of carbonyl (C=O) groups is 2. The van der Waals surface area contributed by atoms with E-state index in [9.17, 15) is 14.0 Å². The van der Waals surface area contributed by atoms with Gasteiger partial charge in [0, 0.05) is 24.5 Å². The highest BCUT2D eigenvalue weighted by Gasteiger charge is 2.28. The van der Waals surface area contributed by atoms with Crippen LogP contribution in [0.3, 0.4) is 0 Å². The molecule has 158 valence electrons. The Bertz CT molecular complexity index is 1100. The van der Waals surface area contributed by atoms with Crippen molar-refractivity contribution in [2.75, 3.05) is 25.0 Å². The molecule has 3 aromatic rings. The zero-order chi connectivity index (χ0) is 21.8. The minimum absolute atomic E-state index is 0.210. The lowest BCUT2D eigenvalue weighted by Gasteiger charge is -2.33. The van der Waals surface area contributed by atoms with E-state index in [4.69, 9.17) is 4.74 Å². The zero-order valence-electron chi connectivity index (χ0n) is 17.0. The fraction of sp³-hybridized carbons (Fsp3) is 0.208. The summed E-state index contributed by atoms with van der Waals surface area (Å²) in [4.78, 5) is 31.6. The predicted molar refractivity (Wildman–Crippen MR) is 114 cm³/mol. The van der Waals surface area contributed by atoms with Gasteiger partial charge in [-0.05, 0) is 48.4 Å². The molecule has 1 fully saturated rings. The largest absolute Gasteiger partial charge is 0.370 e. The number of ether oxygens (including phenoxy) is 1. The van der Waals surface area contributed by atoms with Crippen LogP contribution in [0.25, 0.3) is 0 Å². The molecule has 0 spiro atoms. The van der Waals surface area contributed by atoms with Gasteiger partial charge in [0.15, 0.2) is 0 Å². The molecule has 6 nitrogen and oxygen atoms in total. The molecule has 1 atom stereocenters. The number of pyridine rings is 1. The SMILES string of the molecule is Cc1cccc(C(=O)N2CCOC(c3cccc(F)c3)C2)c1NC(=O)c1ccncc1. The molecule has 1 unspecified atom stereocenters. The van der Waals surface area contributed by atoms with Crippen molar-refractivity contribution < 1.29 is 18.7 Å². The second-order valence-electron chi connectivity index (χ2n) is 7.35. The van der Waals surface area contributed by atoms with Crippen LogP contribution in [0.4, 0.5) is 10.1 Å². The molecule has 0 saturated carbocycles. The number of halogens is 1. The maximum atomic E-state index is 13.6. The topological polar surface area (TPSA) is 71.5 Å². The van der Waals surface area contributed by atoms with Crippen LogP contribution in [0, 0.1) is 12.7 Å². The number of anilines is 1. The van der Waals surface area contributed by atoms with Gasteiger partial charge in [0.1, 0.15) is 11.9 Å². The summed E-state index contributed by atoms with van der Waals surface area (Å²) in [5, 5.41) is 2.87. The van der Waals surface area contributed by atoms with E-state index in [1.807, 2.05) is 13.0 Å². The van der Waals surface area contributed by atoms with Crippen LogP contribution in [0.5, 0.6) is 0 Å². The van der Waals surface area contributed by atoms with E-state index >= 15 is 0 Å². The molecule has 31 heavy (non-hydrogen) atoms. The molecular formula is C24H22FN3O3. The van der Waals surface area contributed by atoms with Crippen molar-refractivity contribution >= 4 is 17.5 Å². The van der Waals surface area contributed by atoms with Crippen molar-refractivity contribution in [3.63, 3.8) is 0 Å². The minimum Gasteiger partial charge on any atom is -0.370 e. The third kappa shape index (κ3) is 4.62. The summed E-state index contributed by atoms with van der Waals surface area (Å²) in [7, 11) is 0. The van der Waals surface area contributed by atoms with Gasteiger partial charge in [-0.1, -0.05) is 24.3 Å². The van der Waals surface area contributed by atoms with Gasteiger partial charge >= 0.3 is 0 Å². The number of nitrogens with zero attached hydrogens (tertiary/aromatic N) is 2. The van der Waals surface area contributed by atoms with E-state index in [1.165, 1.54) is 12.1 Å². The lowest BCUT2D eigenvalue weighted by molar-refractivity contribution is -0.0229. The Hall–Kier alpha value is -3.58. The van der Waals surface area contributed by atoms with Crippen LogP contribution >= 0.6 is 0 Å². The Balaban J connectivity index is 1.57. The molecule has 1 aliphatic heterocycles. The van der Waals surface area contributed by atoms with Crippen molar-refractivity contribution in [2.45, 2.75) is 13.0 Å². The summed E-state index contributed by atoms with van der Waals surface area (Å²) < 4.78 is 19.4. The second-order valence-corrected chi connectivity index (χ2v) is 7.35. The Kier molecular flexibility index (Phi) is 6.04. The number of rotatable bonds is 4. The fourth-order valence-corrected chi connectivity index (χ4v) is 3.61. The number of aromatic nitrogens is 1. The van der Waals surface area contributed by atoms with Gasteiger partial charge in [-0.25, -0.2) is 4.39 Å². The van der Waals surface area contributed by atoms with E-state index in [1.54, 1.807) is 53.7 Å². The van der Waals surface area contributed by atoms with E-state index in [0.29, 0.717) is 42.1 Å². The molecular weight excluding hydrogens is 397 g/mol. The highest BCUT2D eigenvalue weighted by Crippen LogP contribution is 2.27. The molecule has 2 heterocycles. The van der Waals surface area contributed by atoms with Gasteiger partial charge in [-0.15, -0.1) is 0 Å². The summed E-state index contributed by atoms with van der Waals surface area (Å²) in [6, 6.07) is 14.8. The number of carbonyl (C=O) groups excluding carboxylic acids is 2. The molecule has 2 amide bonds. The first-order valence-corrected chi connectivity index (χ1v) is 10.0. The average molecular weight is 419 g/mol. The van der Waals surface area contributed by atoms with Crippen LogP contribution in [0.1, 0.15) is 37.9 Å². The molecule has 1 saturated heterocycles. The van der Waals surface area contributed by atoms with Crippen LogP contribution < -0.4 is 5.32 Å². The Morgan fingerprint density at radius 3 is 2.68 bits per heavy atom. The van der Waals surface area contributed by atoms with Gasteiger partial charge < -0.3 is 15.0 Å². The molecule has 0 bridgehead atoms. The first kappa shape index (κ1) is 20.7. The van der Waals surface area contributed by atoms with Crippen molar-refractivity contribution in [3.8, 4) is 0 Å². The number of aryl methyl sites for hydroxylation is 1. The summed E-state index contributed by atoms with van der Waals surface area (Å²) in [5.41, 5.74) is 2.80. The molecule has 1 N–H and O–H groups in total. The number of amides is 2. The van der Waals surface area contributed by atoms with Gasteiger partial charge in [0.25, 0.3) is 11.8 Å². The smallest absolute Gasteiger partial charge is 0.256 e. The number of hydrogen-bond acceptors (Lipinski definition) is 4. The standard InChI is InChI=1S/C24H22FN3O3/c1-16-4-2-7-20(22(16)27-23(29)17-8-10-26-11-9-17)24(30)28-12-13-31-21(15-28)18-5-3-6-19(25)14-18/h2-11,14,21H,12-13,15H2,1H3,(H,27,29). The van der Waals surface area contributed by atoms with Gasteiger partial charge in [-0.2, -0.15) is 0 Å². The first-order valence-electron chi connectivity index (χ1n) is 10.0. The van der Waals surface area contributed by atoms with E-state index in [0.717, 1.165) is 5.56 Å². The average Bonchev–Trinajstić information content (AvgIpc) is 2.80. The molecule has 0 radical (unpaired) electrons. The van der Waals surface area contributed by atoms with Crippen molar-refractivity contribution in [3.05, 3.63) is 95.1 Å². The summed E-state index contributed by atoms with van der Waals surface area (Å²) in [6.07, 6.45) is 2.67. The van der Waals surface area contributed by atoms with Gasteiger partial charge in [0.2, 0.25) is 0 Å². The summed E-state index contributed by atoms with van der Waals surface area (Å²) in [6.45, 7) is 2.90. The lowest BCUT2D eigenvalue weighted by Crippen LogP contribution is -2.42. The number of nitrogens with one attached hydrogen (secondary N) is 1.